The van der Waals surface area contributed by atoms with E-state index in [2.05, 4.69) is 0 Å². The standard InChI is InChI=1S/C11H18ClNO2/c12-6-10(15)13-4-3-11(8-13)2-1-9(5-11)7-14/h9,14H,1-8H2. The van der Waals surface area contributed by atoms with Gasteiger partial charge in [0, 0.05) is 19.7 Å². The normalized spacial score (nSPS) is 35.3. The number of likely N-dealkylation sites (tertiary alicyclic amines) is 1. The molecule has 1 N–H and O–H groups in total. The van der Waals surface area contributed by atoms with Crippen LogP contribution in [0.4, 0.5) is 0 Å². The van der Waals surface area contributed by atoms with Crippen LogP contribution in [0.25, 0.3) is 0 Å². The minimum absolute atomic E-state index is 0.0565. The summed E-state index contributed by atoms with van der Waals surface area (Å²) < 4.78 is 0. The molecule has 86 valence electrons. The van der Waals surface area contributed by atoms with Gasteiger partial charge in [-0.1, -0.05) is 0 Å². The summed E-state index contributed by atoms with van der Waals surface area (Å²) in [5.41, 5.74) is 0.301. The number of amides is 1. The summed E-state index contributed by atoms with van der Waals surface area (Å²) in [7, 11) is 0. The summed E-state index contributed by atoms with van der Waals surface area (Å²) in [5.74, 6) is 0.608. The minimum Gasteiger partial charge on any atom is -0.396 e. The van der Waals surface area contributed by atoms with Gasteiger partial charge in [0.25, 0.3) is 0 Å². The number of carbonyl (C=O) groups excluding carboxylic acids is 1. The van der Waals surface area contributed by atoms with Crippen LogP contribution >= 0.6 is 11.6 Å². The van der Waals surface area contributed by atoms with Gasteiger partial charge in [0.2, 0.25) is 5.91 Å². The topological polar surface area (TPSA) is 40.5 Å². The van der Waals surface area contributed by atoms with Crippen LogP contribution < -0.4 is 0 Å². The summed E-state index contributed by atoms with van der Waals surface area (Å²) in [5, 5.41) is 9.13. The van der Waals surface area contributed by atoms with Crippen molar-refractivity contribution in [1.29, 1.82) is 0 Å². The Bertz CT molecular complexity index is 259. The number of halogens is 1. The summed E-state index contributed by atoms with van der Waals surface area (Å²) >= 11 is 5.55. The van der Waals surface area contributed by atoms with E-state index in [1.165, 1.54) is 0 Å². The molecule has 0 radical (unpaired) electrons. The quantitative estimate of drug-likeness (QED) is 0.727. The van der Waals surface area contributed by atoms with Crippen LogP contribution in [0.1, 0.15) is 25.7 Å². The molecule has 1 saturated carbocycles. The summed E-state index contributed by atoms with van der Waals surface area (Å²) in [6, 6.07) is 0. The van der Waals surface area contributed by atoms with Crippen LogP contribution in [-0.2, 0) is 4.79 Å². The van der Waals surface area contributed by atoms with E-state index in [4.69, 9.17) is 16.7 Å². The number of hydrogen-bond acceptors (Lipinski definition) is 2. The fourth-order valence-electron chi connectivity index (χ4n) is 3.09. The molecule has 2 aliphatic rings. The number of aliphatic hydroxyl groups is 1. The molecule has 2 fully saturated rings. The summed E-state index contributed by atoms with van der Waals surface area (Å²) in [6.07, 6.45) is 4.44. The maximum Gasteiger partial charge on any atom is 0.237 e. The van der Waals surface area contributed by atoms with Gasteiger partial charge < -0.3 is 10.0 Å². The van der Waals surface area contributed by atoms with E-state index in [-0.39, 0.29) is 11.8 Å². The molecule has 0 bridgehead atoms. The van der Waals surface area contributed by atoms with Gasteiger partial charge in [-0.3, -0.25) is 4.79 Å². The number of hydrogen-bond donors (Lipinski definition) is 1. The largest absolute Gasteiger partial charge is 0.396 e. The zero-order valence-corrected chi connectivity index (χ0v) is 9.67. The van der Waals surface area contributed by atoms with Gasteiger partial charge in [-0.2, -0.15) is 0 Å². The van der Waals surface area contributed by atoms with Crippen molar-refractivity contribution in [2.75, 3.05) is 25.6 Å². The van der Waals surface area contributed by atoms with Gasteiger partial charge in [0.05, 0.1) is 0 Å². The second kappa shape index (κ2) is 4.30. The highest BCUT2D eigenvalue weighted by Crippen LogP contribution is 2.47. The van der Waals surface area contributed by atoms with Crippen molar-refractivity contribution in [3.05, 3.63) is 0 Å². The molecule has 15 heavy (non-hydrogen) atoms. The Hall–Kier alpha value is -0.280. The second-order valence-electron chi connectivity index (χ2n) is 4.99. The molecule has 2 atom stereocenters. The molecule has 4 heteroatoms. The molecule has 0 aromatic carbocycles. The summed E-state index contributed by atoms with van der Waals surface area (Å²) in [4.78, 5) is 13.3. The first kappa shape index (κ1) is 11.2. The van der Waals surface area contributed by atoms with E-state index in [1.807, 2.05) is 4.90 Å². The van der Waals surface area contributed by atoms with Crippen molar-refractivity contribution < 1.29 is 9.90 Å². The van der Waals surface area contributed by atoms with Crippen molar-refractivity contribution >= 4 is 17.5 Å². The van der Waals surface area contributed by atoms with Crippen molar-refractivity contribution in [2.45, 2.75) is 25.7 Å². The second-order valence-corrected chi connectivity index (χ2v) is 5.26. The van der Waals surface area contributed by atoms with Crippen molar-refractivity contribution in [3.8, 4) is 0 Å². The van der Waals surface area contributed by atoms with Crippen LogP contribution in [0.3, 0.4) is 0 Å². The molecule has 2 rings (SSSR count). The van der Waals surface area contributed by atoms with Gasteiger partial charge in [-0.05, 0) is 37.0 Å². The Morgan fingerprint density at radius 2 is 2.33 bits per heavy atom. The highest BCUT2D eigenvalue weighted by molar-refractivity contribution is 6.27. The first-order valence-corrected chi connectivity index (χ1v) is 6.17. The van der Waals surface area contributed by atoms with E-state index in [1.54, 1.807) is 0 Å². The van der Waals surface area contributed by atoms with Crippen LogP contribution in [0.15, 0.2) is 0 Å². The molecule has 1 amide bonds. The molecule has 2 unspecified atom stereocenters. The number of rotatable bonds is 2. The zero-order chi connectivity index (χ0) is 10.9. The Morgan fingerprint density at radius 3 is 2.93 bits per heavy atom. The van der Waals surface area contributed by atoms with E-state index in [0.29, 0.717) is 17.9 Å². The Balaban J connectivity index is 1.94. The molecular weight excluding hydrogens is 214 g/mol. The molecular formula is C11H18ClNO2. The fourth-order valence-corrected chi connectivity index (χ4v) is 3.25. The van der Waals surface area contributed by atoms with E-state index >= 15 is 0 Å². The number of alkyl halides is 1. The summed E-state index contributed by atoms with van der Waals surface area (Å²) in [6.45, 7) is 2.00. The van der Waals surface area contributed by atoms with Crippen LogP contribution in [-0.4, -0.2) is 41.5 Å². The van der Waals surface area contributed by atoms with E-state index in [9.17, 15) is 4.79 Å². The van der Waals surface area contributed by atoms with E-state index in [0.717, 1.165) is 38.8 Å². The Morgan fingerprint density at radius 1 is 1.53 bits per heavy atom. The van der Waals surface area contributed by atoms with Crippen LogP contribution in [0.5, 0.6) is 0 Å². The van der Waals surface area contributed by atoms with Gasteiger partial charge in [-0.15, -0.1) is 11.6 Å². The predicted molar refractivity (Wildman–Crippen MR) is 58.8 cm³/mol. The third kappa shape index (κ3) is 2.13. The van der Waals surface area contributed by atoms with Gasteiger partial charge >= 0.3 is 0 Å². The molecule has 0 aromatic heterocycles. The highest BCUT2D eigenvalue weighted by Gasteiger charge is 2.44. The molecule has 3 nitrogen and oxygen atoms in total. The molecule has 1 saturated heterocycles. The minimum atomic E-state index is 0.0565. The predicted octanol–water partition coefficient (Wildman–Crippen LogP) is 1.24. The monoisotopic (exact) mass is 231 g/mol. The lowest BCUT2D eigenvalue weighted by molar-refractivity contribution is -0.127. The van der Waals surface area contributed by atoms with E-state index < -0.39 is 0 Å². The Kier molecular flexibility index (Phi) is 3.21. The highest BCUT2D eigenvalue weighted by atomic mass is 35.5. The van der Waals surface area contributed by atoms with Gasteiger partial charge in [-0.25, -0.2) is 0 Å². The SMILES string of the molecule is O=C(CCl)N1CCC2(CCC(CO)C2)C1. The average Bonchev–Trinajstić information content (AvgIpc) is 2.86. The first-order valence-electron chi connectivity index (χ1n) is 5.64. The first-order chi connectivity index (χ1) is 7.19. The number of nitrogens with zero attached hydrogens (tertiary/aromatic N) is 1. The molecule has 1 aliphatic carbocycles. The molecule has 0 aromatic rings. The van der Waals surface area contributed by atoms with Crippen molar-refractivity contribution in [2.24, 2.45) is 11.3 Å². The van der Waals surface area contributed by atoms with Gasteiger partial charge in [0.15, 0.2) is 0 Å². The van der Waals surface area contributed by atoms with Crippen LogP contribution in [0.2, 0.25) is 0 Å². The number of aliphatic hydroxyl groups excluding tert-OH is 1. The van der Waals surface area contributed by atoms with Crippen LogP contribution in [0, 0.1) is 11.3 Å². The molecule has 1 aliphatic heterocycles. The fraction of sp³-hybridized carbons (Fsp3) is 0.909. The average molecular weight is 232 g/mol. The third-order valence-corrected chi connectivity index (χ3v) is 4.20. The molecule has 1 spiro atoms. The smallest absolute Gasteiger partial charge is 0.237 e. The van der Waals surface area contributed by atoms with Gasteiger partial charge in [0.1, 0.15) is 5.88 Å². The van der Waals surface area contributed by atoms with Crippen molar-refractivity contribution in [1.82, 2.24) is 4.90 Å². The maximum absolute atomic E-state index is 11.4. The lowest BCUT2D eigenvalue weighted by Crippen LogP contribution is -2.32. The third-order valence-electron chi connectivity index (χ3n) is 3.97. The molecule has 1 heterocycles. The lowest BCUT2D eigenvalue weighted by atomic mass is 9.84. The number of carbonyl (C=O) groups is 1. The van der Waals surface area contributed by atoms with Crippen molar-refractivity contribution in [3.63, 3.8) is 0 Å². The zero-order valence-electron chi connectivity index (χ0n) is 8.91. The maximum atomic E-state index is 11.4. The lowest BCUT2D eigenvalue weighted by Gasteiger charge is -2.23. The Labute approximate surface area is 95.4 Å².